The summed E-state index contributed by atoms with van der Waals surface area (Å²) in [6, 6.07) is 25.7. The molecular weight excluding hydrogens is 632 g/mol. The fraction of sp³-hybridized carbons (Fsp3) is 0.132. The molecule has 0 aromatic heterocycles. The third kappa shape index (κ3) is 11.0. The Kier molecular flexibility index (Phi) is 12.6. The van der Waals surface area contributed by atoms with Gasteiger partial charge in [-0.05, 0) is 104 Å². The molecule has 0 fully saturated rings. The summed E-state index contributed by atoms with van der Waals surface area (Å²) in [4.78, 5) is 35.6. The number of benzene rings is 4. The standard InChI is InChI=1S/C38H34O9S/c1-3-36(39)45-27-5-4-26-44-31-14-10-30(11-15-31)13-25-38(41)47-33-18-22-35(23-19-33)48(42,43)34-20-16-32(17-21-34)46-37(40)24-12-29-8-6-28(2)7-9-29/h3,6-25H,1,4-5,26-27H2,2H3. The van der Waals surface area contributed by atoms with Crippen molar-refractivity contribution in [3.8, 4) is 17.2 Å². The summed E-state index contributed by atoms with van der Waals surface area (Å²) < 4.78 is 47.4. The number of hydrogen-bond acceptors (Lipinski definition) is 9. The molecule has 0 heterocycles. The van der Waals surface area contributed by atoms with Crippen LogP contribution in [0.25, 0.3) is 12.2 Å². The highest BCUT2D eigenvalue weighted by Crippen LogP contribution is 2.25. The van der Waals surface area contributed by atoms with Gasteiger partial charge in [0.25, 0.3) is 0 Å². The first-order valence-electron chi connectivity index (χ1n) is 15.0. The second-order valence-corrected chi connectivity index (χ2v) is 12.3. The van der Waals surface area contributed by atoms with Crippen molar-refractivity contribution in [2.75, 3.05) is 13.2 Å². The highest BCUT2D eigenvalue weighted by atomic mass is 32.2. The number of carbonyl (C=O) groups excluding carboxylic acids is 3. The first kappa shape index (κ1) is 35.1. The number of carbonyl (C=O) groups is 3. The zero-order chi connectivity index (χ0) is 34.4. The zero-order valence-electron chi connectivity index (χ0n) is 26.2. The minimum Gasteiger partial charge on any atom is -0.494 e. The van der Waals surface area contributed by atoms with Crippen molar-refractivity contribution in [3.63, 3.8) is 0 Å². The van der Waals surface area contributed by atoms with Crippen LogP contribution < -0.4 is 14.2 Å². The largest absolute Gasteiger partial charge is 0.494 e. The number of rotatable bonds is 15. The van der Waals surface area contributed by atoms with Crippen LogP contribution in [0.4, 0.5) is 0 Å². The van der Waals surface area contributed by atoms with Crippen molar-refractivity contribution < 1.29 is 41.7 Å². The minimum absolute atomic E-state index is 0.00190. The van der Waals surface area contributed by atoms with Crippen LogP contribution in [0.2, 0.25) is 0 Å². The molecule has 0 bridgehead atoms. The number of hydrogen-bond donors (Lipinski definition) is 0. The molecule has 48 heavy (non-hydrogen) atoms. The van der Waals surface area contributed by atoms with Crippen molar-refractivity contribution >= 4 is 39.9 Å². The fourth-order valence-electron chi connectivity index (χ4n) is 4.12. The van der Waals surface area contributed by atoms with E-state index >= 15 is 0 Å². The molecule has 246 valence electrons. The van der Waals surface area contributed by atoms with E-state index in [0.717, 1.165) is 22.8 Å². The maximum atomic E-state index is 13.1. The number of ether oxygens (including phenoxy) is 4. The van der Waals surface area contributed by atoms with Crippen LogP contribution in [-0.4, -0.2) is 39.5 Å². The quantitative estimate of drug-likeness (QED) is 0.0574. The molecule has 4 aromatic rings. The first-order valence-corrected chi connectivity index (χ1v) is 16.4. The van der Waals surface area contributed by atoms with E-state index in [1.165, 1.54) is 60.7 Å². The summed E-state index contributed by atoms with van der Waals surface area (Å²) in [6.07, 6.45) is 8.28. The van der Waals surface area contributed by atoms with Gasteiger partial charge in [-0.2, -0.15) is 0 Å². The lowest BCUT2D eigenvalue weighted by Crippen LogP contribution is -2.06. The van der Waals surface area contributed by atoms with Gasteiger partial charge in [0.05, 0.1) is 23.0 Å². The summed E-state index contributed by atoms with van der Waals surface area (Å²) in [5.74, 6) is -0.644. The molecule has 0 aliphatic carbocycles. The predicted molar refractivity (Wildman–Crippen MR) is 181 cm³/mol. The Morgan fingerprint density at radius 2 is 1.04 bits per heavy atom. The zero-order valence-corrected chi connectivity index (χ0v) is 27.1. The molecule has 0 unspecified atom stereocenters. The van der Waals surface area contributed by atoms with Gasteiger partial charge in [0.2, 0.25) is 9.84 Å². The SMILES string of the molecule is C=CC(=O)OCCCCOc1ccc(C=CC(=O)Oc2ccc(S(=O)(=O)c3ccc(OC(=O)C=Cc4ccc(C)cc4)cc3)cc2)cc1. The van der Waals surface area contributed by atoms with Crippen molar-refractivity contribution in [3.05, 3.63) is 139 Å². The van der Waals surface area contributed by atoms with E-state index in [1.807, 2.05) is 31.2 Å². The van der Waals surface area contributed by atoms with Crippen LogP contribution in [0.1, 0.15) is 29.5 Å². The van der Waals surface area contributed by atoms with Crippen LogP contribution in [0, 0.1) is 6.92 Å². The van der Waals surface area contributed by atoms with Gasteiger partial charge in [0.15, 0.2) is 0 Å². The van der Waals surface area contributed by atoms with Gasteiger partial charge in [-0.3, -0.25) is 0 Å². The minimum atomic E-state index is -3.88. The van der Waals surface area contributed by atoms with E-state index in [-0.39, 0.29) is 21.3 Å². The molecule has 4 aromatic carbocycles. The molecule has 0 atom stereocenters. The maximum absolute atomic E-state index is 13.1. The molecule has 9 nitrogen and oxygen atoms in total. The Morgan fingerprint density at radius 1 is 0.604 bits per heavy atom. The van der Waals surface area contributed by atoms with Crippen molar-refractivity contribution in [1.82, 2.24) is 0 Å². The number of sulfone groups is 1. The van der Waals surface area contributed by atoms with E-state index in [9.17, 15) is 22.8 Å². The Balaban J connectivity index is 1.24. The Hall–Kier alpha value is -5.74. The van der Waals surface area contributed by atoms with Crippen molar-refractivity contribution in [2.45, 2.75) is 29.6 Å². The fourth-order valence-corrected chi connectivity index (χ4v) is 5.38. The van der Waals surface area contributed by atoms with E-state index < -0.39 is 27.7 Å². The molecule has 0 radical (unpaired) electrons. The number of esters is 3. The Labute approximate surface area is 279 Å². The summed E-state index contributed by atoms with van der Waals surface area (Å²) in [6.45, 7) is 6.08. The Morgan fingerprint density at radius 3 is 1.52 bits per heavy atom. The average Bonchev–Trinajstić information content (AvgIpc) is 3.09. The summed E-state index contributed by atoms with van der Waals surface area (Å²) in [5, 5.41) is 0. The van der Waals surface area contributed by atoms with Gasteiger partial charge in [0, 0.05) is 18.2 Å². The predicted octanol–water partition coefficient (Wildman–Crippen LogP) is 6.95. The van der Waals surface area contributed by atoms with Crippen LogP contribution in [0.5, 0.6) is 17.2 Å². The third-order valence-corrected chi connectivity index (χ3v) is 8.49. The molecule has 4 rings (SSSR count). The first-order chi connectivity index (χ1) is 23.1. The monoisotopic (exact) mass is 666 g/mol. The number of unbranched alkanes of at least 4 members (excludes halogenated alkanes) is 1. The lowest BCUT2D eigenvalue weighted by Gasteiger charge is -2.07. The second-order valence-electron chi connectivity index (χ2n) is 10.4. The van der Waals surface area contributed by atoms with Crippen LogP contribution in [0.15, 0.2) is 132 Å². The van der Waals surface area contributed by atoms with Crippen molar-refractivity contribution in [1.29, 1.82) is 0 Å². The van der Waals surface area contributed by atoms with Crippen LogP contribution >= 0.6 is 0 Å². The second kappa shape index (κ2) is 17.3. The molecule has 0 aliphatic heterocycles. The average molecular weight is 667 g/mol. The normalized spacial score (nSPS) is 11.3. The lowest BCUT2D eigenvalue weighted by molar-refractivity contribution is -0.138. The molecule has 0 spiro atoms. The maximum Gasteiger partial charge on any atom is 0.336 e. The Bertz CT molecular complexity index is 1870. The van der Waals surface area contributed by atoms with Gasteiger partial charge in [0.1, 0.15) is 17.2 Å². The highest BCUT2D eigenvalue weighted by molar-refractivity contribution is 7.91. The van der Waals surface area contributed by atoms with E-state index in [4.69, 9.17) is 18.9 Å². The molecule has 0 amide bonds. The molecule has 10 heteroatoms. The summed E-state index contributed by atoms with van der Waals surface area (Å²) in [5.41, 5.74) is 2.70. The molecule has 0 saturated carbocycles. The van der Waals surface area contributed by atoms with E-state index in [0.29, 0.717) is 31.8 Å². The molecule has 0 saturated heterocycles. The third-order valence-electron chi connectivity index (χ3n) is 6.70. The summed E-state index contributed by atoms with van der Waals surface area (Å²) in [7, 11) is -3.88. The highest BCUT2D eigenvalue weighted by Gasteiger charge is 2.18. The van der Waals surface area contributed by atoms with Gasteiger partial charge in [-0.1, -0.05) is 48.5 Å². The summed E-state index contributed by atoms with van der Waals surface area (Å²) >= 11 is 0. The van der Waals surface area contributed by atoms with Gasteiger partial charge in [-0.25, -0.2) is 22.8 Å². The topological polar surface area (TPSA) is 122 Å². The van der Waals surface area contributed by atoms with Crippen molar-refractivity contribution in [2.24, 2.45) is 0 Å². The van der Waals surface area contributed by atoms with Crippen LogP contribution in [0.3, 0.4) is 0 Å². The van der Waals surface area contributed by atoms with Crippen LogP contribution in [-0.2, 0) is 29.0 Å². The number of aryl methyl sites for hydroxylation is 1. The smallest absolute Gasteiger partial charge is 0.336 e. The van der Waals surface area contributed by atoms with Gasteiger partial charge >= 0.3 is 17.9 Å². The lowest BCUT2D eigenvalue weighted by atomic mass is 10.1. The molecule has 0 aliphatic rings. The molecular formula is C38H34O9S. The molecule has 0 N–H and O–H groups in total. The van der Waals surface area contributed by atoms with Gasteiger partial charge < -0.3 is 18.9 Å². The van der Waals surface area contributed by atoms with E-state index in [1.54, 1.807) is 36.4 Å². The van der Waals surface area contributed by atoms with Gasteiger partial charge in [-0.15, -0.1) is 0 Å². The van der Waals surface area contributed by atoms with E-state index in [2.05, 4.69) is 6.58 Å².